The second kappa shape index (κ2) is 22.1. The molecule has 19 nitrogen and oxygen atoms in total. The van der Waals surface area contributed by atoms with Gasteiger partial charge in [-0.25, -0.2) is 4.79 Å². The van der Waals surface area contributed by atoms with Crippen LogP contribution in [0.1, 0.15) is 122 Å². The first-order chi connectivity index (χ1) is 30.3. The van der Waals surface area contributed by atoms with Crippen LogP contribution in [-0.2, 0) is 56.1 Å². The smallest absolute Gasteiger partial charge is 0.423 e. The fourth-order valence-electron chi connectivity index (χ4n) is 7.98. The van der Waals surface area contributed by atoms with Crippen LogP contribution in [0.2, 0.25) is 0 Å². The van der Waals surface area contributed by atoms with Crippen molar-refractivity contribution in [3.8, 4) is 0 Å². The van der Waals surface area contributed by atoms with E-state index in [9.17, 15) is 48.4 Å². The summed E-state index contributed by atoms with van der Waals surface area (Å²) >= 11 is 0. The molecule has 0 unspecified atom stereocenters. The summed E-state index contributed by atoms with van der Waals surface area (Å²) in [6.45, 7) is 2.49. The lowest BCUT2D eigenvalue weighted by Crippen LogP contribution is -2.53. The van der Waals surface area contributed by atoms with Crippen molar-refractivity contribution >= 4 is 72.5 Å². The normalized spacial score (nSPS) is 18.3. The number of unbranched alkanes of at least 4 members (excludes halogenated alkanes) is 5. The van der Waals surface area contributed by atoms with Crippen LogP contribution < -0.4 is 32.2 Å². The summed E-state index contributed by atoms with van der Waals surface area (Å²) in [5.41, 5.74) is 2.72. The minimum Gasteiger partial charge on any atom is -0.423 e. The molecule has 0 aromatic heterocycles. The van der Waals surface area contributed by atoms with E-state index in [4.69, 9.17) is 14.1 Å². The Morgan fingerprint density at radius 2 is 1.46 bits per heavy atom. The molecule has 2 saturated heterocycles. The van der Waals surface area contributed by atoms with E-state index in [-0.39, 0.29) is 69.0 Å². The minimum atomic E-state index is -1.23. The number of benzene rings is 2. The fraction of sp³-hybridized carbons (Fsp3) is 0.524. The number of fused-ring (bicyclic) bond motifs is 2. The van der Waals surface area contributed by atoms with E-state index in [1.165, 1.54) is 17.0 Å². The Labute approximate surface area is 365 Å². The summed E-state index contributed by atoms with van der Waals surface area (Å²) < 4.78 is 10.5. The van der Waals surface area contributed by atoms with Crippen molar-refractivity contribution in [2.75, 3.05) is 19.6 Å². The number of imide groups is 1. The molecule has 0 spiro atoms. The Bertz CT molecular complexity index is 2060. The third kappa shape index (κ3) is 12.3. The molecule has 4 heterocycles. The number of likely N-dealkylation sites (tertiary alicyclic amines) is 1. The van der Waals surface area contributed by atoms with Gasteiger partial charge in [-0.15, -0.1) is 5.06 Å². The molecule has 2 fully saturated rings. The molecule has 6 N–H and O–H groups in total. The lowest BCUT2D eigenvalue weighted by molar-refractivity contribution is -0.197. The Balaban J connectivity index is 1.13. The van der Waals surface area contributed by atoms with E-state index in [1.54, 1.807) is 24.3 Å². The average molecular weight is 873 g/mol. The third-order valence-corrected chi connectivity index (χ3v) is 11.5. The van der Waals surface area contributed by atoms with E-state index in [0.717, 1.165) is 37.7 Å². The number of hydrogen-bond donors (Lipinski definition) is 6. The number of rotatable bonds is 21. The van der Waals surface area contributed by atoms with Crippen LogP contribution in [0.5, 0.6) is 0 Å². The molecule has 3 atom stereocenters. The van der Waals surface area contributed by atoms with Crippen LogP contribution in [0.25, 0.3) is 0 Å². The van der Waals surface area contributed by atoms with Gasteiger partial charge in [0.25, 0.3) is 23.6 Å². The highest BCUT2D eigenvalue weighted by atomic mass is 16.7. The van der Waals surface area contributed by atoms with Gasteiger partial charge in [0.15, 0.2) is 0 Å². The van der Waals surface area contributed by atoms with Gasteiger partial charge in [0, 0.05) is 56.1 Å². The molecule has 6 rings (SSSR count). The second-order valence-electron chi connectivity index (χ2n) is 16.2. The molecular weight excluding hydrogens is 818 g/mol. The predicted octanol–water partition coefficient (Wildman–Crippen LogP) is -0.620. The third-order valence-electron chi connectivity index (χ3n) is 11.5. The number of carbonyl (C=O) groups is 8. The Morgan fingerprint density at radius 1 is 0.810 bits per heavy atom. The first-order valence-corrected chi connectivity index (χ1v) is 21.7. The molecular formula is C42H54B2N6O13. The van der Waals surface area contributed by atoms with Crippen LogP contribution in [0.4, 0.5) is 0 Å². The topological polar surface area (TPSA) is 259 Å². The zero-order valence-corrected chi connectivity index (χ0v) is 35.4. The Morgan fingerprint density at radius 3 is 2.14 bits per heavy atom. The maximum absolute atomic E-state index is 14.3. The first kappa shape index (κ1) is 46.9. The largest absolute Gasteiger partial charge is 0.491 e. The van der Waals surface area contributed by atoms with E-state index in [0.29, 0.717) is 47.4 Å². The average Bonchev–Trinajstić information content (AvgIpc) is 4.05. The summed E-state index contributed by atoms with van der Waals surface area (Å²) in [6.07, 6.45) is 5.88. The number of carbonyl (C=O) groups excluding carboxylic acids is 8. The van der Waals surface area contributed by atoms with Crippen LogP contribution >= 0.6 is 0 Å². The number of hydroxylamine groups is 2. The van der Waals surface area contributed by atoms with Crippen LogP contribution in [0.15, 0.2) is 36.4 Å². The standard InChI is InChI=1S/C42H54B2N6O13/c1-2-3-4-5-6-10-35(51)45-18-8-7-9-33(40(56)46-19-17-38(54)63-50-36(52)15-16-37(50)53)48-41(57)34-22-30(47-39(55)26-11-13-28-24-61-43(59)31(28)20-26)23-49(34)42(58)27-12-14-29-25-62-44(60)32(29)21-27/h11-14,20-21,30,33-34,59-60H,2-10,15-19,22-25H2,1H3,(H,45,51)(H,46,56)(H,47,55)(H,48,57)/t30-,33-,34+/m0/s1. The fourth-order valence-corrected chi connectivity index (χ4v) is 7.98. The zero-order valence-electron chi connectivity index (χ0n) is 35.4. The van der Waals surface area contributed by atoms with Crippen LogP contribution in [-0.4, -0.2) is 119 Å². The van der Waals surface area contributed by atoms with Crippen molar-refractivity contribution in [2.45, 2.75) is 122 Å². The van der Waals surface area contributed by atoms with Gasteiger partial charge in [-0.3, -0.25) is 33.6 Å². The summed E-state index contributed by atoms with van der Waals surface area (Å²) in [6, 6.07) is 6.44. The number of hydrogen-bond acceptors (Lipinski definition) is 13. The first-order valence-electron chi connectivity index (χ1n) is 21.7. The molecule has 21 heteroatoms. The van der Waals surface area contributed by atoms with Gasteiger partial charge in [0.2, 0.25) is 17.7 Å². The SMILES string of the molecule is CCCCCCCC(=O)NCCCC[C@H](NC(=O)[C@H]1C[C@H](NC(=O)c2ccc3c(c2)B(O)OC3)CN1C(=O)c1ccc2c(c1)B(O)OC2)C(=O)NCCC(=O)ON1C(=O)CCC1=O. The van der Waals surface area contributed by atoms with Gasteiger partial charge < -0.3 is 50.4 Å². The minimum absolute atomic E-state index is 0.0325. The summed E-state index contributed by atoms with van der Waals surface area (Å²) in [4.78, 5) is 110. The summed E-state index contributed by atoms with van der Waals surface area (Å²) in [7, 11) is -2.41. The van der Waals surface area contributed by atoms with Gasteiger partial charge in [0.05, 0.1) is 19.6 Å². The maximum Gasteiger partial charge on any atom is 0.491 e. The van der Waals surface area contributed by atoms with Crippen molar-refractivity contribution in [3.63, 3.8) is 0 Å². The quantitative estimate of drug-likeness (QED) is 0.0520. The Hall–Kier alpha value is -5.63. The van der Waals surface area contributed by atoms with Crippen molar-refractivity contribution in [2.24, 2.45) is 0 Å². The van der Waals surface area contributed by atoms with E-state index < -0.39 is 80.2 Å². The number of nitrogens with zero attached hydrogens (tertiary/aromatic N) is 2. The van der Waals surface area contributed by atoms with Gasteiger partial charge in [-0.05, 0) is 78.4 Å². The lowest BCUT2D eigenvalue weighted by atomic mass is 9.78. The molecule has 0 aliphatic carbocycles. The molecule has 0 saturated carbocycles. The van der Waals surface area contributed by atoms with Crippen molar-refractivity contribution < 1.29 is 62.6 Å². The van der Waals surface area contributed by atoms with Crippen molar-refractivity contribution in [1.82, 2.24) is 31.2 Å². The van der Waals surface area contributed by atoms with Crippen molar-refractivity contribution in [3.05, 3.63) is 58.7 Å². The van der Waals surface area contributed by atoms with Gasteiger partial charge >= 0.3 is 20.2 Å². The zero-order chi connectivity index (χ0) is 45.0. The van der Waals surface area contributed by atoms with E-state index >= 15 is 0 Å². The molecule has 4 aliphatic rings. The molecule has 2 aromatic carbocycles. The number of amides is 7. The predicted molar refractivity (Wildman–Crippen MR) is 225 cm³/mol. The molecule has 0 bridgehead atoms. The molecule has 4 aliphatic heterocycles. The monoisotopic (exact) mass is 872 g/mol. The molecule has 0 radical (unpaired) electrons. The summed E-state index contributed by atoms with van der Waals surface area (Å²) in [5.74, 6) is -4.71. The molecule has 2 aromatic rings. The highest BCUT2D eigenvalue weighted by molar-refractivity contribution is 6.62. The highest BCUT2D eigenvalue weighted by Gasteiger charge is 2.42. The van der Waals surface area contributed by atoms with Gasteiger partial charge in [-0.2, -0.15) is 0 Å². The van der Waals surface area contributed by atoms with E-state index in [2.05, 4.69) is 28.2 Å². The molecule has 63 heavy (non-hydrogen) atoms. The van der Waals surface area contributed by atoms with E-state index in [1.807, 2.05) is 0 Å². The van der Waals surface area contributed by atoms with Crippen LogP contribution in [0.3, 0.4) is 0 Å². The lowest BCUT2D eigenvalue weighted by Gasteiger charge is -2.26. The molecule has 336 valence electrons. The maximum atomic E-state index is 14.3. The Kier molecular flexibility index (Phi) is 16.5. The highest BCUT2D eigenvalue weighted by Crippen LogP contribution is 2.24. The van der Waals surface area contributed by atoms with Gasteiger partial charge in [-0.1, -0.05) is 44.7 Å². The number of nitrogens with one attached hydrogen (secondary N) is 4. The van der Waals surface area contributed by atoms with Crippen molar-refractivity contribution in [1.29, 1.82) is 0 Å². The van der Waals surface area contributed by atoms with Gasteiger partial charge in [0.1, 0.15) is 12.1 Å². The van der Waals surface area contributed by atoms with Crippen LogP contribution in [0, 0.1) is 0 Å². The summed E-state index contributed by atoms with van der Waals surface area (Å²) in [5, 5.41) is 32.1. The molecule has 7 amide bonds. The second-order valence-corrected chi connectivity index (χ2v) is 16.2.